The topological polar surface area (TPSA) is 220 Å². The molecule has 2 amide bonds. The Kier molecular flexibility index (Phi) is 10.1. The van der Waals surface area contributed by atoms with Gasteiger partial charge in [-0.25, -0.2) is 4.79 Å². The molecule has 3 aliphatic rings. The van der Waals surface area contributed by atoms with Gasteiger partial charge in [-0.2, -0.15) is 0 Å². The van der Waals surface area contributed by atoms with Gasteiger partial charge in [-0.1, -0.05) is 27.7 Å². The van der Waals surface area contributed by atoms with Gasteiger partial charge in [0.15, 0.2) is 11.4 Å². The number of Topliss-reactive ketones (excluding diaryl/α,β-unsaturated/α-hetero) is 2. The Hall–Kier alpha value is -4.63. The molecular formula is C34H46N4O11. The molecule has 49 heavy (non-hydrogen) atoms. The van der Waals surface area contributed by atoms with Gasteiger partial charge in [0.25, 0.3) is 5.91 Å². The molecule has 15 nitrogen and oxygen atoms in total. The molecule has 4 unspecified atom stereocenters. The van der Waals surface area contributed by atoms with Gasteiger partial charge in [-0.3, -0.25) is 24.1 Å². The number of fused-ring (bicyclic) bond motifs is 3. The van der Waals surface area contributed by atoms with Crippen molar-refractivity contribution in [2.24, 2.45) is 23.0 Å². The fourth-order valence-corrected chi connectivity index (χ4v) is 7.17. The van der Waals surface area contributed by atoms with Crippen LogP contribution in [0, 0.1) is 17.3 Å². The number of aliphatic hydroxyl groups is 3. The first-order chi connectivity index (χ1) is 22.7. The van der Waals surface area contributed by atoms with Crippen LogP contribution in [0.1, 0.15) is 57.2 Å². The normalized spacial score (nSPS) is 23.5. The molecule has 4 atom stereocenters. The van der Waals surface area contributed by atoms with E-state index in [9.17, 15) is 44.4 Å². The lowest BCUT2D eigenvalue weighted by Crippen LogP contribution is -2.65. The maximum atomic E-state index is 14.3. The summed E-state index contributed by atoms with van der Waals surface area (Å²) in [5.74, 6) is -8.01. The van der Waals surface area contributed by atoms with E-state index in [0.29, 0.717) is 11.3 Å². The second-order valence-electron chi connectivity index (χ2n) is 14.4. The molecular weight excluding hydrogens is 640 g/mol. The summed E-state index contributed by atoms with van der Waals surface area (Å²) in [5, 5.41) is 46.5. The smallest absolute Gasteiger partial charge is 0.412 e. The fourth-order valence-electron chi connectivity index (χ4n) is 7.17. The Bertz CT molecular complexity index is 1660. The zero-order valence-electron chi connectivity index (χ0n) is 29.1. The minimum absolute atomic E-state index is 0.0467. The van der Waals surface area contributed by atoms with Crippen LogP contribution in [0.3, 0.4) is 0 Å². The van der Waals surface area contributed by atoms with Gasteiger partial charge in [0.1, 0.15) is 22.8 Å². The third kappa shape index (κ3) is 6.56. The molecule has 0 spiro atoms. The zero-order valence-corrected chi connectivity index (χ0v) is 29.1. The van der Waals surface area contributed by atoms with Crippen molar-refractivity contribution >= 4 is 41.0 Å². The maximum Gasteiger partial charge on any atom is 0.412 e. The molecule has 1 aromatic carbocycles. The van der Waals surface area contributed by atoms with Crippen LogP contribution in [0.5, 0.6) is 5.75 Å². The Morgan fingerprint density at radius 1 is 1.06 bits per heavy atom. The van der Waals surface area contributed by atoms with Crippen LogP contribution in [0.4, 0.5) is 10.5 Å². The van der Waals surface area contributed by atoms with Crippen molar-refractivity contribution in [1.29, 1.82) is 0 Å². The molecule has 268 valence electrons. The summed E-state index contributed by atoms with van der Waals surface area (Å²) in [6.45, 7) is 6.60. The Balaban J connectivity index is 1.86. The van der Waals surface area contributed by atoms with Crippen molar-refractivity contribution < 1.29 is 53.9 Å². The number of amides is 2. The van der Waals surface area contributed by atoms with E-state index in [1.165, 1.54) is 23.9 Å². The van der Waals surface area contributed by atoms with Crippen LogP contribution in [0.2, 0.25) is 0 Å². The molecule has 1 fully saturated rings. The number of anilines is 1. The summed E-state index contributed by atoms with van der Waals surface area (Å²) >= 11 is 0. The molecule has 15 heteroatoms. The first-order valence-electron chi connectivity index (χ1n) is 15.9. The van der Waals surface area contributed by atoms with Gasteiger partial charge < -0.3 is 45.4 Å². The van der Waals surface area contributed by atoms with Crippen LogP contribution < -0.4 is 10.6 Å². The number of hydrogen-bond acceptors (Lipinski definition) is 13. The number of benzene rings is 1. The standard InChI is InChI=1S/C34H46N4O11/c1-9-21(39)48-15-49-32(46)38(14-33(2,3)4)13-17-12-20(36(5)6)18-10-16-11-19-25(37(7)8)28(42)24(31(35)45)30(44)34(19,47)29(43)22(16)27(41)23(18)26(17)40/h12,16,19,25,40-41,44,47H,9-11,13-15H2,1-8H3,(H2,35,45). The number of carbonyl (C=O) groups excluding carboxylic acids is 5. The zero-order chi connectivity index (χ0) is 36.9. The number of likely N-dealkylation sites (N-methyl/N-ethyl adjacent to an activating group) is 1. The number of esters is 1. The molecule has 6 N–H and O–H groups in total. The number of phenols is 1. The second kappa shape index (κ2) is 13.3. The van der Waals surface area contributed by atoms with Gasteiger partial charge in [0.2, 0.25) is 12.6 Å². The summed E-state index contributed by atoms with van der Waals surface area (Å²) in [6, 6.07) is 0.467. The molecule has 0 aromatic heterocycles. The number of ether oxygens (including phenoxy) is 2. The molecule has 0 bridgehead atoms. The summed E-state index contributed by atoms with van der Waals surface area (Å²) in [5.41, 5.74) is 2.16. The molecule has 0 aliphatic heterocycles. The first kappa shape index (κ1) is 37.2. The van der Waals surface area contributed by atoms with Crippen molar-refractivity contribution in [2.75, 3.05) is 46.4 Å². The fraction of sp³-hybridized carbons (Fsp3) is 0.559. The Labute approximate surface area is 284 Å². The Morgan fingerprint density at radius 3 is 2.22 bits per heavy atom. The molecule has 0 saturated heterocycles. The van der Waals surface area contributed by atoms with Crippen LogP contribution in [0.25, 0.3) is 5.76 Å². The van der Waals surface area contributed by atoms with E-state index in [-0.39, 0.29) is 49.1 Å². The number of nitrogens with two attached hydrogens (primary N) is 1. The molecule has 4 rings (SSSR count). The number of aliphatic hydroxyl groups excluding tert-OH is 2. The minimum atomic E-state index is -2.77. The highest BCUT2D eigenvalue weighted by Crippen LogP contribution is 2.54. The molecule has 3 aliphatic carbocycles. The van der Waals surface area contributed by atoms with Gasteiger partial charge in [-0.05, 0) is 49.9 Å². The molecule has 0 radical (unpaired) electrons. The first-order valence-corrected chi connectivity index (χ1v) is 15.9. The van der Waals surface area contributed by atoms with Crippen LogP contribution in [-0.2, 0) is 41.6 Å². The SMILES string of the molecule is CCC(=O)OCOC(=O)N(Cc1cc(N(C)C)c2c(c1O)C(O)=C1C(=O)C3(O)C(O)=C(C(N)=O)C(=O)C(N(C)C)C3CC1C2)CC(C)(C)C. The largest absolute Gasteiger partial charge is 0.508 e. The Morgan fingerprint density at radius 2 is 1.69 bits per heavy atom. The van der Waals surface area contributed by atoms with E-state index in [4.69, 9.17) is 15.2 Å². The monoisotopic (exact) mass is 686 g/mol. The van der Waals surface area contributed by atoms with Crippen molar-refractivity contribution in [3.8, 4) is 5.75 Å². The van der Waals surface area contributed by atoms with Crippen LogP contribution in [0.15, 0.2) is 23.0 Å². The molecule has 1 saturated carbocycles. The molecule has 1 aromatic rings. The highest BCUT2D eigenvalue weighted by atomic mass is 16.7. The maximum absolute atomic E-state index is 14.3. The minimum Gasteiger partial charge on any atom is -0.508 e. The summed E-state index contributed by atoms with van der Waals surface area (Å²) in [7, 11) is 6.56. The third-order valence-electron chi connectivity index (χ3n) is 9.23. The van der Waals surface area contributed by atoms with E-state index in [1.807, 2.05) is 20.8 Å². The third-order valence-corrected chi connectivity index (χ3v) is 9.23. The number of hydrogen-bond donors (Lipinski definition) is 5. The van der Waals surface area contributed by atoms with Crippen molar-refractivity contribution in [1.82, 2.24) is 9.80 Å². The number of aromatic hydroxyl groups is 1. The average molecular weight is 687 g/mol. The highest BCUT2D eigenvalue weighted by Gasteiger charge is 2.64. The number of carbonyl (C=O) groups is 5. The lowest BCUT2D eigenvalue weighted by Gasteiger charge is -2.50. The van der Waals surface area contributed by atoms with E-state index in [2.05, 4.69) is 0 Å². The number of rotatable bonds is 9. The van der Waals surface area contributed by atoms with Crippen molar-refractivity contribution in [3.05, 3.63) is 39.7 Å². The quantitative estimate of drug-likeness (QED) is 0.143. The average Bonchev–Trinajstić information content (AvgIpc) is 2.98. The lowest BCUT2D eigenvalue weighted by atomic mass is 9.57. The van der Waals surface area contributed by atoms with E-state index in [1.54, 1.807) is 32.0 Å². The van der Waals surface area contributed by atoms with Gasteiger partial charge in [0.05, 0.1) is 18.2 Å². The highest BCUT2D eigenvalue weighted by molar-refractivity contribution is 6.24. The second-order valence-corrected chi connectivity index (χ2v) is 14.4. The van der Waals surface area contributed by atoms with Gasteiger partial charge in [0, 0.05) is 49.8 Å². The lowest BCUT2D eigenvalue weighted by molar-refractivity contribution is -0.154. The summed E-state index contributed by atoms with van der Waals surface area (Å²) < 4.78 is 10.1. The van der Waals surface area contributed by atoms with E-state index >= 15 is 0 Å². The summed E-state index contributed by atoms with van der Waals surface area (Å²) in [4.78, 5) is 69.1. The predicted molar refractivity (Wildman–Crippen MR) is 176 cm³/mol. The van der Waals surface area contributed by atoms with Crippen molar-refractivity contribution in [3.63, 3.8) is 0 Å². The van der Waals surface area contributed by atoms with Crippen LogP contribution >= 0.6 is 0 Å². The number of nitrogens with zero attached hydrogens (tertiary/aromatic N) is 3. The molecule has 0 heterocycles. The number of ketones is 2. The van der Waals surface area contributed by atoms with E-state index < -0.39 is 88.1 Å². The number of primary amides is 1. The summed E-state index contributed by atoms with van der Waals surface area (Å²) in [6.07, 6.45) is -0.673. The predicted octanol–water partition coefficient (Wildman–Crippen LogP) is 1.93. The van der Waals surface area contributed by atoms with Gasteiger partial charge in [-0.15, -0.1) is 0 Å². The van der Waals surface area contributed by atoms with Crippen molar-refractivity contribution in [2.45, 2.75) is 65.1 Å². The van der Waals surface area contributed by atoms with Crippen LogP contribution in [-0.4, -0.2) is 113 Å². The van der Waals surface area contributed by atoms with Gasteiger partial charge >= 0.3 is 12.1 Å². The number of phenolic OH excluding ortho intramolecular Hbond substituents is 1. The van der Waals surface area contributed by atoms with E-state index in [0.717, 1.165) is 0 Å².